The molecule has 1 fully saturated rings. The van der Waals surface area contributed by atoms with E-state index in [0.29, 0.717) is 13.0 Å². The summed E-state index contributed by atoms with van der Waals surface area (Å²) in [4.78, 5) is 10.5. The van der Waals surface area contributed by atoms with Crippen LogP contribution < -0.4 is 0 Å². The third-order valence-corrected chi connectivity index (χ3v) is 3.32. The topological polar surface area (TPSA) is 44.8 Å². The van der Waals surface area contributed by atoms with Gasteiger partial charge in [-0.1, -0.05) is 42.5 Å². The van der Waals surface area contributed by atoms with Crippen molar-refractivity contribution in [2.75, 3.05) is 6.61 Å². The first-order valence-electron chi connectivity index (χ1n) is 6.46. The van der Waals surface area contributed by atoms with E-state index < -0.39 is 0 Å². The Hall–Kier alpha value is -1.49. The number of hydrogen-bond acceptors (Lipinski definition) is 4. The highest BCUT2D eigenvalue weighted by molar-refractivity contribution is 5.50. The summed E-state index contributed by atoms with van der Waals surface area (Å²) in [5, 5.41) is 0. The molecule has 1 aromatic carbocycles. The van der Waals surface area contributed by atoms with Gasteiger partial charge in [0.25, 0.3) is 0 Å². The molecule has 2 aliphatic rings. The Bertz CT molecular complexity index is 456. The fourth-order valence-corrected chi connectivity index (χ4v) is 2.35. The van der Waals surface area contributed by atoms with Gasteiger partial charge in [-0.2, -0.15) is 0 Å². The summed E-state index contributed by atoms with van der Waals surface area (Å²) < 4.78 is 17.3. The van der Waals surface area contributed by atoms with Crippen molar-refractivity contribution < 1.29 is 19.0 Å². The van der Waals surface area contributed by atoms with Crippen molar-refractivity contribution >= 4 is 6.29 Å². The van der Waals surface area contributed by atoms with E-state index in [2.05, 4.69) is 0 Å². The molecule has 2 aliphatic heterocycles. The van der Waals surface area contributed by atoms with E-state index in [-0.39, 0.29) is 24.6 Å². The molecule has 4 nitrogen and oxygen atoms in total. The van der Waals surface area contributed by atoms with Crippen LogP contribution in [-0.2, 0) is 19.0 Å². The lowest BCUT2D eigenvalue weighted by Gasteiger charge is -2.38. The molecule has 0 radical (unpaired) electrons. The molecule has 0 N–H and O–H groups in total. The summed E-state index contributed by atoms with van der Waals surface area (Å²) in [5.74, 6) is 0. The molecular formula is C15H16O4. The van der Waals surface area contributed by atoms with Crippen molar-refractivity contribution in [3.05, 3.63) is 48.0 Å². The molecule has 1 aromatic rings. The van der Waals surface area contributed by atoms with Gasteiger partial charge in [-0.15, -0.1) is 0 Å². The number of hydrogen-bond donors (Lipinski definition) is 0. The molecule has 2 heterocycles. The number of carbonyl (C=O) groups is 1. The maximum Gasteiger partial charge on any atom is 0.184 e. The van der Waals surface area contributed by atoms with E-state index in [9.17, 15) is 4.79 Å². The van der Waals surface area contributed by atoms with E-state index in [4.69, 9.17) is 14.2 Å². The van der Waals surface area contributed by atoms with Crippen LogP contribution >= 0.6 is 0 Å². The number of aldehydes is 1. The zero-order chi connectivity index (χ0) is 13.1. The molecule has 3 rings (SSSR count). The highest BCUT2D eigenvalue weighted by Gasteiger charge is 2.35. The first-order chi connectivity index (χ1) is 9.36. The molecule has 0 spiro atoms. The summed E-state index contributed by atoms with van der Waals surface area (Å²) in [6, 6.07) is 9.84. The lowest BCUT2D eigenvalue weighted by Crippen LogP contribution is -2.45. The molecule has 4 atom stereocenters. The number of rotatable bonds is 3. The molecule has 0 bridgehead atoms. The van der Waals surface area contributed by atoms with Crippen LogP contribution in [0.3, 0.4) is 0 Å². The largest absolute Gasteiger partial charge is 0.365 e. The van der Waals surface area contributed by atoms with Gasteiger partial charge in [-0.3, -0.25) is 0 Å². The maximum absolute atomic E-state index is 10.5. The maximum atomic E-state index is 10.5. The van der Waals surface area contributed by atoms with E-state index in [1.54, 1.807) is 0 Å². The molecule has 0 amide bonds. The van der Waals surface area contributed by atoms with Crippen molar-refractivity contribution in [3.8, 4) is 0 Å². The van der Waals surface area contributed by atoms with Gasteiger partial charge in [0.05, 0.1) is 12.7 Å². The van der Waals surface area contributed by atoms with Crippen molar-refractivity contribution in [2.45, 2.75) is 31.0 Å². The van der Waals surface area contributed by atoms with Crippen molar-refractivity contribution in [1.29, 1.82) is 0 Å². The van der Waals surface area contributed by atoms with E-state index in [1.807, 2.05) is 42.5 Å². The highest BCUT2D eigenvalue weighted by Crippen LogP contribution is 2.30. The van der Waals surface area contributed by atoms with Crippen LogP contribution in [-0.4, -0.2) is 31.2 Å². The molecule has 19 heavy (non-hydrogen) atoms. The van der Waals surface area contributed by atoms with E-state index in [0.717, 1.165) is 11.8 Å². The van der Waals surface area contributed by atoms with Gasteiger partial charge >= 0.3 is 0 Å². The number of carbonyl (C=O) groups excluding carboxylic acids is 1. The summed E-state index contributed by atoms with van der Waals surface area (Å²) in [5.41, 5.74) is 1.00. The van der Waals surface area contributed by atoms with Gasteiger partial charge in [0.2, 0.25) is 0 Å². The van der Waals surface area contributed by atoms with E-state index in [1.165, 1.54) is 0 Å². The van der Waals surface area contributed by atoms with Gasteiger partial charge in [-0.05, 0) is 0 Å². The Balaban J connectivity index is 1.68. The van der Waals surface area contributed by atoms with Crippen LogP contribution in [0.5, 0.6) is 0 Å². The van der Waals surface area contributed by atoms with Gasteiger partial charge in [-0.25, -0.2) is 0 Å². The van der Waals surface area contributed by atoms with Crippen molar-refractivity contribution in [3.63, 3.8) is 0 Å². The Morgan fingerprint density at radius 3 is 2.79 bits per heavy atom. The van der Waals surface area contributed by atoms with Crippen LogP contribution in [0.2, 0.25) is 0 Å². The Labute approximate surface area is 112 Å². The predicted octanol–water partition coefficient (Wildman–Crippen LogP) is 2.01. The zero-order valence-corrected chi connectivity index (χ0v) is 10.5. The Morgan fingerprint density at radius 2 is 2.00 bits per heavy atom. The average molecular weight is 260 g/mol. The van der Waals surface area contributed by atoms with Crippen LogP contribution in [0.1, 0.15) is 18.3 Å². The van der Waals surface area contributed by atoms with Crippen LogP contribution in [0.4, 0.5) is 0 Å². The standard InChI is InChI=1S/C15H16O4/c16-9-8-12-6-7-13-14(18-12)10-17-15(19-13)11-4-2-1-3-5-11/h1-7,9,12-15H,8,10H2/t12-,13-,14+,15+/m0/s1. The lowest BCUT2D eigenvalue weighted by atomic mass is 10.1. The van der Waals surface area contributed by atoms with Crippen LogP contribution in [0.15, 0.2) is 42.5 Å². The number of fused-ring (bicyclic) bond motifs is 1. The minimum absolute atomic E-state index is 0.109. The van der Waals surface area contributed by atoms with Gasteiger partial charge in [0.15, 0.2) is 6.29 Å². The predicted molar refractivity (Wildman–Crippen MR) is 68.5 cm³/mol. The highest BCUT2D eigenvalue weighted by atomic mass is 16.7. The molecule has 1 saturated heterocycles. The average Bonchev–Trinajstić information content (AvgIpc) is 2.48. The monoisotopic (exact) mass is 260 g/mol. The van der Waals surface area contributed by atoms with Crippen LogP contribution in [0.25, 0.3) is 0 Å². The minimum Gasteiger partial charge on any atom is -0.365 e. The van der Waals surface area contributed by atoms with Crippen molar-refractivity contribution in [1.82, 2.24) is 0 Å². The van der Waals surface area contributed by atoms with Gasteiger partial charge in [0.1, 0.15) is 18.5 Å². The van der Waals surface area contributed by atoms with Gasteiger partial charge < -0.3 is 19.0 Å². The zero-order valence-electron chi connectivity index (χ0n) is 10.5. The summed E-state index contributed by atoms with van der Waals surface area (Å²) in [6.45, 7) is 0.476. The smallest absolute Gasteiger partial charge is 0.184 e. The van der Waals surface area contributed by atoms with Gasteiger partial charge in [0, 0.05) is 12.0 Å². The second kappa shape index (κ2) is 5.65. The van der Waals surface area contributed by atoms with E-state index >= 15 is 0 Å². The lowest BCUT2D eigenvalue weighted by molar-refractivity contribution is -0.262. The molecule has 4 heteroatoms. The third-order valence-electron chi connectivity index (χ3n) is 3.32. The second-order valence-electron chi connectivity index (χ2n) is 4.68. The Morgan fingerprint density at radius 1 is 1.16 bits per heavy atom. The first kappa shape index (κ1) is 12.5. The molecule has 100 valence electrons. The van der Waals surface area contributed by atoms with Crippen molar-refractivity contribution in [2.24, 2.45) is 0 Å². The fraction of sp³-hybridized carbons (Fsp3) is 0.400. The molecular weight excluding hydrogens is 244 g/mol. The quantitative estimate of drug-likeness (QED) is 0.616. The molecule has 0 aromatic heterocycles. The summed E-state index contributed by atoms with van der Waals surface area (Å²) >= 11 is 0. The summed E-state index contributed by atoms with van der Waals surface area (Å²) in [6.07, 6.45) is 4.37. The first-order valence-corrected chi connectivity index (χ1v) is 6.46. The minimum atomic E-state index is -0.349. The third kappa shape index (κ3) is 2.76. The second-order valence-corrected chi connectivity index (χ2v) is 4.68. The molecule has 0 aliphatic carbocycles. The Kier molecular flexibility index (Phi) is 3.73. The molecule has 0 saturated carbocycles. The normalized spacial score (nSPS) is 33.7. The number of benzene rings is 1. The number of ether oxygens (including phenoxy) is 3. The van der Waals surface area contributed by atoms with Crippen LogP contribution in [0, 0.1) is 0 Å². The SMILES string of the molecule is O=CC[C@@H]1C=C[C@@H]2O[C@H](c3ccccc3)OC[C@H]2O1. The summed E-state index contributed by atoms with van der Waals surface area (Å²) in [7, 11) is 0. The molecule has 0 unspecified atom stereocenters. The fourth-order valence-electron chi connectivity index (χ4n) is 2.35.